The molecule has 0 aromatic rings. The van der Waals surface area contributed by atoms with Crippen LogP contribution in [-0.4, -0.2) is 31.3 Å². The topological polar surface area (TPSA) is 64.6 Å². The van der Waals surface area contributed by atoms with Crippen LogP contribution in [0.2, 0.25) is 0 Å². The quantitative estimate of drug-likeness (QED) is 0.560. The van der Waals surface area contributed by atoms with Gasteiger partial charge in [0.2, 0.25) is 0 Å². The number of terminal acetylenes is 1. The summed E-state index contributed by atoms with van der Waals surface area (Å²) < 4.78 is 9.46. The third-order valence-corrected chi connectivity index (χ3v) is 1.53. The Morgan fingerprint density at radius 3 is 2.44 bits per heavy atom. The van der Waals surface area contributed by atoms with Gasteiger partial charge in [-0.1, -0.05) is 19.8 Å². The molecule has 1 amide bonds. The zero-order valence-corrected chi connectivity index (χ0v) is 9.78. The number of hydrogen-bond donors (Lipinski definition) is 1. The monoisotopic (exact) mass is 227 g/mol. The molecule has 1 N–H and O–H groups in total. The zero-order chi connectivity index (χ0) is 12.6. The number of ether oxygens (including phenoxy) is 2. The van der Waals surface area contributed by atoms with Crippen LogP contribution in [0.15, 0.2) is 0 Å². The molecule has 0 aliphatic heterocycles. The van der Waals surface area contributed by atoms with Crippen molar-refractivity contribution in [2.24, 2.45) is 5.92 Å². The second kappa shape index (κ2) is 7.57. The van der Waals surface area contributed by atoms with Crippen LogP contribution in [0, 0.1) is 18.3 Å². The summed E-state index contributed by atoms with van der Waals surface area (Å²) in [6.07, 6.45) is 4.17. The number of nitrogens with one attached hydrogen (secondary N) is 1. The van der Waals surface area contributed by atoms with E-state index in [4.69, 9.17) is 11.2 Å². The number of hydrogen-bond acceptors (Lipinski definition) is 4. The van der Waals surface area contributed by atoms with E-state index in [0.717, 1.165) is 0 Å². The van der Waals surface area contributed by atoms with Crippen molar-refractivity contribution in [2.75, 3.05) is 13.2 Å². The molecule has 0 fully saturated rings. The fourth-order valence-electron chi connectivity index (χ4n) is 0.758. The molecule has 5 heteroatoms. The summed E-state index contributed by atoms with van der Waals surface area (Å²) in [7, 11) is 0. The fourth-order valence-corrected chi connectivity index (χ4v) is 0.758. The molecule has 0 rings (SSSR count). The first-order valence-corrected chi connectivity index (χ1v) is 5.00. The molecule has 0 aliphatic carbocycles. The Bertz CT molecular complexity index is 280. The molecular weight excluding hydrogens is 210 g/mol. The molecule has 0 aromatic heterocycles. The van der Waals surface area contributed by atoms with Crippen molar-refractivity contribution in [3.63, 3.8) is 0 Å². The Kier molecular flexibility index (Phi) is 6.77. The van der Waals surface area contributed by atoms with E-state index in [1.165, 1.54) is 6.92 Å². The molecule has 0 saturated carbocycles. The average molecular weight is 227 g/mol. The van der Waals surface area contributed by atoms with E-state index in [0.29, 0.717) is 6.61 Å². The summed E-state index contributed by atoms with van der Waals surface area (Å²) in [5.74, 6) is 1.90. The Balaban J connectivity index is 3.87. The minimum absolute atomic E-state index is 0.125. The van der Waals surface area contributed by atoms with Gasteiger partial charge in [0.25, 0.3) is 0 Å². The second-order valence-electron chi connectivity index (χ2n) is 3.67. The van der Waals surface area contributed by atoms with E-state index in [1.807, 2.05) is 13.8 Å². The van der Waals surface area contributed by atoms with E-state index < -0.39 is 18.1 Å². The Morgan fingerprint density at radius 2 is 1.94 bits per heavy atom. The van der Waals surface area contributed by atoms with Gasteiger partial charge in [-0.15, -0.1) is 6.42 Å². The number of carbonyl (C=O) groups is 2. The van der Waals surface area contributed by atoms with Crippen LogP contribution < -0.4 is 5.32 Å². The first kappa shape index (κ1) is 14.3. The molecule has 0 aromatic carbocycles. The summed E-state index contributed by atoms with van der Waals surface area (Å²) in [5.41, 5.74) is 0. The van der Waals surface area contributed by atoms with Crippen LogP contribution in [0.25, 0.3) is 0 Å². The molecule has 0 unspecified atom stereocenters. The molecule has 5 nitrogen and oxygen atoms in total. The number of esters is 1. The maximum absolute atomic E-state index is 11.3. The van der Waals surface area contributed by atoms with Crippen molar-refractivity contribution < 1.29 is 19.1 Å². The molecular formula is C11H17NO4. The van der Waals surface area contributed by atoms with Crippen LogP contribution in [-0.2, 0) is 14.3 Å². The zero-order valence-electron chi connectivity index (χ0n) is 9.78. The highest BCUT2D eigenvalue weighted by Crippen LogP contribution is 1.96. The van der Waals surface area contributed by atoms with Gasteiger partial charge in [-0.25, -0.2) is 9.59 Å². The van der Waals surface area contributed by atoms with E-state index in [9.17, 15) is 9.59 Å². The highest BCUT2D eigenvalue weighted by Gasteiger charge is 2.17. The van der Waals surface area contributed by atoms with Crippen molar-refractivity contribution in [1.82, 2.24) is 5.32 Å². The van der Waals surface area contributed by atoms with Crippen LogP contribution in [0.1, 0.15) is 20.8 Å². The maximum Gasteiger partial charge on any atom is 0.408 e. The molecule has 0 spiro atoms. The molecule has 0 saturated heterocycles. The van der Waals surface area contributed by atoms with E-state index in [-0.39, 0.29) is 12.5 Å². The molecule has 16 heavy (non-hydrogen) atoms. The minimum Gasteiger partial charge on any atom is -0.464 e. The van der Waals surface area contributed by atoms with E-state index in [1.54, 1.807) is 0 Å². The van der Waals surface area contributed by atoms with Gasteiger partial charge >= 0.3 is 12.1 Å². The Morgan fingerprint density at radius 1 is 1.31 bits per heavy atom. The summed E-state index contributed by atoms with van der Waals surface area (Å²) in [6.45, 7) is 5.56. The lowest BCUT2D eigenvalue weighted by Gasteiger charge is -2.13. The normalized spacial score (nSPS) is 11.4. The van der Waals surface area contributed by atoms with Crippen molar-refractivity contribution in [1.29, 1.82) is 0 Å². The van der Waals surface area contributed by atoms with Gasteiger partial charge in [0.15, 0.2) is 6.61 Å². The number of amides is 1. The summed E-state index contributed by atoms with van der Waals surface area (Å²) in [5, 5.41) is 2.31. The Labute approximate surface area is 95.5 Å². The Hall–Kier alpha value is -1.70. The van der Waals surface area contributed by atoms with Gasteiger partial charge in [-0.2, -0.15) is 0 Å². The average Bonchev–Trinajstić information content (AvgIpc) is 2.22. The largest absolute Gasteiger partial charge is 0.464 e. The highest BCUT2D eigenvalue weighted by atomic mass is 16.6. The van der Waals surface area contributed by atoms with Crippen molar-refractivity contribution in [3.05, 3.63) is 0 Å². The third kappa shape index (κ3) is 6.71. The number of carbonyl (C=O) groups excluding carboxylic acids is 2. The maximum atomic E-state index is 11.3. The van der Waals surface area contributed by atoms with E-state index >= 15 is 0 Å². The summed E-state index contributed by atoms with van der Waals surface area (Å²) >= 11 is 0. The van der Waals surface area contributed by atoms with Gasteiger partial charge in [0, 0.05) is 0 Å². The van der Waals surface area contributed by atoms with Gasteiger partial charge in [-0.05, 0) is 12.8 Å². The van der Waals surface area contributed by atoms with E-state index in [2.05, 4.69) is 16.0 Å². The minimum atomic E-state index is -0.746. The number of rotatable bonds is 5. The molecule has 1 atom stereocenters. The first-order valence-electron chi connectivity index (χ1n) is 5.00. The molecule has 0 heterocycles. The van der Waals surface area contributed by atoms with Gasteiger partial charge in [-0.3, -0.25) is 0 Å². The van der Waals surface area contributed by atoms with Gasteiger partial charge < -0.3 is 14.8 Å². The van der Waals surface area contributed by atoms with Crippen LogP contribution >= 0.6 is 0 Å². The lowest BCUT2D eigenvalue weighted by Crippen LogP contribution is -2.40. The highest BCUT2D eigenvalue weighted by molar-refractivity contribution is 5.80. The SMILES string of the molecule is C#CCOC(=O)N[C@@H](C)C(=O)OCC(C)C. The van der Waals surface area contributed by atoms with Gasteiger partial charge in [0.05, 0.1) is 6.61 Å². The summed E-state index contributed by atoms with van der Waals surface area (Å²) in [6, 6.07) is -0.746. The lowest BCUT2D eigenvalue weighted by atomic mass is 10.2. The summed E-state index contributed by atoms with van der Waals surface area (Å²) in [4.78, 5) is 22.3. The smallest absolute Gasteiger partial charge is 0.408 e. The number of alkyl carbamates (subject to hydrolysis) is 1. The van der Waals surface area contributed by atoms with Crippen LogP contribution in [0.3, 0.4) is 0 Å². The van der Waals surface area contributed by atoms with Gasteiger partial charge in [0.1, 0.15) is 6.04 Å². The van der Waals surface area contributed by atoms with Crippen LogP contribution in [0.5, 0.6) is 0 Å². The van der Waals surface area contributed by atoms with Crippen molar-refractivity contribution in [3.8, 4) is 12.3 Å². The standard InChI is InChI=1S/C11H17NO4/c1-5-6-15-11(14)12-9(4)10(13)16-7-8(2)3/h1,8-9H,6-7H2,2-4H3,(H,12,14)/t9-/m0/s1. The first-order chi connectivity index (χ1) is 7.47. The predicted molar refractivity (Wildman–Crippen MR) is 58.6 cm³/mol. The third-order valence-electron chi connectivity index (χ3n) is 1.53. The van der Waals surface area contributed by atoms with Crippen molar-refractivity contribution >= 4 is 12.1 Å². The molecule has 0 bridgehead atoms. The van der Waals surface area contributed by atoms with Crippen LogP contribution in [0.4, 0.5) is 4.79 Å². The molecule has 0 radical (unpaired) electrons. The predicted octanol–water partition coefficient (Wildman–Crippen LogP) is 0.933. The van der Waals surface area contributed by atoms with Crippen molar-refractivity contribution in [2.45, 2.75) is 26.8 Å². The lowest BCUT2D eigenvalue weighted by molar-refractivity contribution is -0.146. The second-order valence-corrected chi connectivity index (χ2v) is 3.67. The fraction of sp³-hybridized carbons (Fsp3) is 0.636. The molecule has 0 aliphatic rings. The molecule has 90 valence electrons.